The van der Waals surface area contributed by atoms with Crippen molar-refractivity contribution >= 4 is 11.9 Å². The van der Waals surface area contributed by atoms with Crippen LogP contribution in [-0.2, 0) is 14.3 Å². The van der Waals surface area contributed by atoms with Gasteiger partial charge in [-0.25, -0.2) is 0 Å². The van der Waals surface area contributed by atoms with E-state index in [1.165, 1.54) is 0 Å². The van der Waals surface area contributed by atoms with E-state index in [0.717, 1.165) is 0 Å². The summed E-state index contributed by atoms with van der Waals surface area (Å²) in [5.41, 5.74) is 4.29. The summed E-state index contributed by atoms with van der Waals surface area (Å²) < 4.78 is 5.03. The van der Waals surface area contributed by atoms with Crippen molar-refractivity contribution < 1.29 is 19.4 Å². The number of carboxylic acids is 1. The van der Waals surface area contributed by atoms with E-state index in [0.29, 0.717) is 0 Å². The van der Waals surface area contributed by atoms with Gasteiger partial charge in [0, 0.05) is 5.54 Å². The fourth-order valence-electron chi connectivity index (χ4n) is 1.17. The number of aliphatic carboxylic acids is 1. The second-order valence-corrected chi connectivity index (χ2v) is 5.62. The van der Waals surface area contributed by atoms with Gasteiger partial charge in [-0.3, -0.25) is 9.59 Å². The molecule has 16 heavy (non-hydrogen) atoms. The molecule has 0 saturated carbocycles. The monoisotopic (exact) mass is 231 g/mol. The quantitative estimate of drug-likeness (QED) is 0.559. The second kappa shape index (κ2) is 4.82. The van der Waals surface area contributed by atoms with Crippen molar-refractivity contribution in [2.24, 2.45) is 11.7 Å². The Morgan fingerprint density at radius 3 is 1.94 bits per heavy atom. The molecule has 0 aliphatic heterocycles. The molecule has 0 bridgehead atoms. The van der Waals surface area contributed by atoms with E-state index in [4.69, 9.17) is 15.6 Å². The number of rotatable bonds is 4. The summed E-state index contributed by atoms with van der Waals surface area (Å²) in [6.45, 7) is 8.42. The first-order valence-electron chi connectivity index (χ1n) is 5.17. The SMILES string of the molecule is CC(C)(N)CC(C(=O)O)C(=O)OC(C)(C)C. The average molecular weight is 231 g/mol. The van der Waals surface area contributed by atoms with E-state index in [1.807, 2.05) is 0 Å². The lowest BCUT2D eigenvalue weighted by Crippen LogP contribution is -2.41. The molecule has 3 N–H and O–H groups in total. The minimum Gasteiger partial charge on any atom is -0.481 e. The normalized spacial score (nSPS) is 14.4. The zero-order chi connectivity index (χ0) is 13.1. The summed E-state index contributed by atoms with van der Waals surface area (Å²) in [4.78, 5) is 22.6. The summed E-state index contributed by atoms with van der Waals surface area (Å²) in [6, 6.07) is 0. The minimum atomic E-state index is -1.21. The fraction of sp³-hybridized carbons (Fsp3) is 0.818. The maximum atomic E-state index is 11.6. The fourth-order valence-corrected chi connectivity index (χ4v) is 1.17. The van der Waals surface area contributed by atoms with Crippen LogP contribution in [0.15, 0.2) is 0 Å². The van der Waals surface area contributed by atoms with E-state index in [2.05, 4.69) is 0 Å². The van der Waals surface area contributed by atoms with Crippen molar-refractivity contribution in [1.29, 1.82) is 0 Å². The van der Waals surface area contributed by atoms with E-state index in [1.54, 1.807) is 34.6 Å². The highest BCUT2D eigenvalue weighted by Gasteiger charge is 2.34. The molecule has 0 radical (unpaired) electrons. The molecule has 0 aromatic rings. The largest absolute Gasteiger partial charge is 0.481 e. The van der Waals surface area contributed by atoms with Crippen molar-refractivity contribution in [3.63, 3.8) is 0 Å². The Hall–Kier alpha value is -1.10. The summed E-state index contributed by atoms with van der Waals surface area (Å²) in [6.07, 6.45) is 0.0528. The highest BCUT2D eigenvalue weighted by Crippen LogP contribution is 2.19. The highest BCUT2D eigenvalue weighted by molar-refractivity contribution is 5.94. The zero-order valence-electron chi connectivity index (χ0n) is 10.5. The maximum absolute atomic E-state index is 11.6. The maximum Gasteiger partial charge on any atom is 0.320 e. The Labute approximate surface area is 96.0 Å². The molecule has 0 aliphatic rings. The number of carboxylic acid groups (broad SMARTS) is 1. The lowest BCUT2D eigenvalue weighted by Gasteiger charge is -2.26. The van der Waals surface area contributed by atoms with Gasteiger partial charge >= 0.3 is 11.9 Å². The van der Waals surface area contributed by atoms with Crippen LogP contribution in [0.25, 0.3) is 0 Å². The van der Waals surface area contributed by atoms with Crippen LogP contribution in [0.2, 0.25) is 0 Å². The predicted octanol–water partition coefficient (Wildman–Crippen LogP) is 1.16. The van der Waals surface area contributed by atoms with Crippen molar-refractivity contribution in [2.45, 2.75) is 52.2 Å². The molecule has 0 aromatic heterocycles. The number of nitrogens with two attached hydrogens (primary N) is 1. The number of ether oxygens (including phenoxy) is 1. The van der Waals surface area contributed by atoms with Gasteiger partial charge in [0.25, 0.3) is 0 Å². The Balaban J connectivity index is 4.68. The van der Waals surface area contributed by atoms with Crippen LogP contribution >= 0.6 is 0 Å². The third kappa shape index (κ3) is 6.40. The molecular weight excluding hydrogens is 210 g/mol. The zero-order valence-corrected chi connectivity index (χ0v) is 10.5. The van der Waals surface area contributed by atoms with Crippen LogP contribution in [-0.4, -0.2) is 28.2 Å². The number of carbonyl (C=O) groups is 2. The van der Waals surface area contributed by atoms with Crippen LogP contribution in [0.1, 0.15) is 41.0 Å². The van der Waals surface area contributed by atoms with E-state index in [-0.39, 0.29) is 6.42 Å². The molecule has 0 fully saturated rings. The van der Waals surface area contributed by atoms with Gasteiger partial charge in [-0.1, -0.05) is 0 Å². The van der Waals surface area contributed by atoms with E-state index >= 15 is 0 Å². The second-order valence-electron chi connectivity index (χ2n) is 5.62. The van der Waals surface area contributed by atoms with Crippen molar-refractivity contribution in [3.8, 4) is 0 Å². The van der Waals surface area contributed by atoms with Crippen molar-refractivity contribution in [2.75, 3.05) is 0 Å². The van der Waals surface area contributed by atoms with Crippen molar-refractivity contribution in [3.05, 3.63) is 0 Å². The predicted molar refractivity (Wildman–Crippen MR) is 59.9 cm³/mol. The first-order chi connectivity index (χ1) is 6.92. The van der Waals surface area contributed by atoms with Gasteiger partial charge in [0.1, 0.15) is 5.60 Å². The van der Waals surface area contributed by atoms with Crippen LogP contribution in [0.3, 0.4) is 0 Å². The smallest absolute Gasteiger partial charge is 0.320 e. The Morgan fingerprint density at radius 2 is 1.69 bits per heavy atom. The Kier molecular flexibility index (Phi) is 4.49. The summed E-state index contributed by atoms with van der Waals surface area (Å²) in [7, 11) is 0. The van der Waals surface area contributed by atoms with Crippen LogP contribution in [0.5, 0.6) is 0 Å². The highest BCUT2D eigenvalue weighted by atomic mass is 16.6. The molecule has 0 aromatic carbocycles. The number of hydrogen-bond acceptors (Lipinski definition) is 4. The molecule has 0 spiro atoms. The molecule has 1 atom stereocenters. The summed E-state index contributed by atoms with van der Waals surface area (Å²) in [5.74, 6) is -3.15. The van der Waals surface area contributed by atoms with Crippen LogP contribution < -0.4 is 5.73 Å². The third-order valence-electron chi connectivity index (χ3n) is 1.72. The Bertz CT molecular complexity index is 273. The molecule has 0 aliphatic carbocycles. The standard InChI is InChI=1S/C11H21NO4/c1-10(2,3)16-9(15)7(8(13)14)6-11(4,5)12/h7H,6,12H2,1-5H3,(H,13,14). The molecule has 0 saturated heterocycles. The number of hydrogen-bond donors (Lipinski definition) is 2. The lowest BCUT2D eigenvalue weighted by molar-refractivity contribution is -0.167. The molecule has 0 heterocycles. The number of carbonyl (C=O) groups excluding carboxylic acids is 1. The van der Waals surface area contributed by atoms with Gasteiger partial charge in [-0.2, -0.15) is 0 Å². The number of esters is 1. The molecule has 5 nitrogen and oxygen atoms in total. The molecule has 1 unspecified atom stereocenters. The van der Waals surface area contributed by atoms with E-state index in [9.17, 15) is 9.59 Å². The van der Waals surface area contributed by atoms with Crippen LogP contribution in [0.4, 0.5) is 0 Å². The molecular formula is C11H21NO4. The lowest BCUT2D eigenvalue weighted by atomic mass is 9.91. The molecule has 94 valence electrons. The van der Waals surface area contributed by atoms with Crippen LogP contribution in [0, 0.1) is 5.92 Å². The van der Waals surface area contributed by atoms with E-state index < -0.39 is 29.0 Å². The molecule has 0 rings (SSSR count). The van der Waals surface area contributed by atoms with Gasteiger partial charge in [-0.15, -0.1) is 0 Å². The summed E-state index contributed by atoms with van der Waals surface area (Å²) >= 11 is 0. The van der Waals surface area contributed by atoms with Gasteiger partial charge in [0.05, 0.1) is 0 Å². The van der Waals surface area contributed by atoms with Crippen molar-refractivity contribution in [1.82, 2.24) is 0 Å². The topological polar surface area (TPSA) is 89.6 Å². The van der Waals surface area contributed by atoms with Gasteiger partial charge in [0.2, 0.25) is 0 Å². The molecule has 5 heteroatoms. The van der Waals surface area contributed by atoms with Gasteiger partial charge in [0.15, 0.2) is 5.92 Å². The van der Waals surface area contributed by atoms with Gasteiger partial charge in [-0.05, 0) is 41.0 Å². The van der Waals surface area contributed by atoms with Gasteiger partial charge < -0.3 is 15.6 Å². The Morgan fingerprint density at radius 1 is 1.25 bits per heavy atom. The summed E-state index contributed by atoms with van der Waals surface area (Å²) in [5, 5.41) is 8.95. The minimum absolute atomic E-state index is 0.0528. The first-order valence-corrected chi connectivity index (χ1v) is 5.17. The molecule has 0 amide bonds. The average Bonchev–Trinajstić information content (AvgIpc) is 1.94. The first kappa shape index (κ1) is 14.9. The third-order valence-corrected chi connectivity index (χ3v) is 1.72.